The first kappa shape index (κ1) is 14.3. The number of aromatic nitrogens is 2. The minimum absolute atomic E-state index is 0.132. The van der Waals surface area contributed by atoms with Gasteiger partial charge in [-0.15, -0.1) is 0 Å². The number of carbonyl (C=O) groups is 1. The lowest BCUT2D eigenvalue weighted by Gasteiger charge is -2.26. The number of fused-ring (bicyclic) bond motifs is 1. The van der Waals surface area contributed by atoms with E-state index in [0.717, 1.165) is 31.6 Å². The van der Waals surface area contributed by atoms with Crippen molar-refractivity contribution in [1.82, 2.24) is 14.5 Å². The van der Waals surface area contributed by atoms with Gasteiger partial charge in [-0.05, 0) is 19.8 Å². The lowest BCUT2D eigenvalue weighted by Crippen LogP contribution is -2.38. The summed E-state index contributed by atoms with van der Waals surface area (Å²) in [5.74, 6) is 0.738. The van der Waals surface area contributed by atoms with E-state index in [2.05, 4.69) is 21.7 Å². The van der Waals surface area contributed by atoms with E-state index in [1.54, 1.807) is 0 Å². The van der Waals surface area contributed by atoms with Crippen molar-refractivity contribution < 1.29 is 9.53 Å². The Labute approximate surface area is 125 Å². The number of carbonyl (C=O) groups excluding carboxylic acids is 1. The van der Waals surface area contributed by atoms with Gasteiger partial charge in [0.15, 0.2) is 0 Å². The van der Waals surface area contributed by atoms with E-state index in [4.69, 9.17) is 4.74 Å². The molecular formula is C16H23N3O2. The van der Waals surface area contributed by atoms with Crippen molar-refractivity contribution in [2.45, 2.75) is 32.9 Å². The molecule has 2 aliphatic rings. The van der Waals surface area contributed by atoms with Crippen molar-refractivity contribution in [2.24, 2.45) is 11.8 Å². The summed E-state index contributed by atoms with van der Waals surface area (Å²) in [4.78, 5) is 18.9. The van der Waals surface area contributed by atoms with Crippen LogP contribution in [0.1, 0.15) is 25.5 Å². The number of rotatable bonds is 4. The third-order valence-electron chi connectivity index (χ3n) is 4.31. The molecule has 0 aromatic carbocycles. The highest BCUT2D eigenvalue weighted by atomic mass is 16.5. The standard InChI is InChI=1S/C16H23N3O2/c1-2-21-11-13-8-18(16(20)14-5-3-4-6-14)10-15-7-17-12-19(15)9-13/h3-4,7,12-14H,2,5-6,8-11H2,1H3. The van der Waals surface area contributed by atoms with Crippen molar-refractivity contribution in [3.63, 3.8) is 0 Å². The third kappa shape index (κ3) is 3.18. The molecule has 1 atom stereocenters. The second-order valence-corrected chi connectivity index (χ2v) is 5.92. The molecule has 0 saturated carbocycles. The van der Waals surface area contributed by atoms with Gasteiger partial charge in [-0.3, -0.25) is 4.79 Å². The van der Waals surface area contributed by atoms with Crippen molar-refractivity contribution in [3.05, 3.63) is 30.4 Å². The summed E-state index contributed by atoms with van der Waals surface area (Å²) in [5.41, 5.74) is 1.12. The van der Waals surface area contributed by atoms with Gasteiger partial charge in [-0.1, -0.05) is 12.2 Å². The molecule has 0 radical (unpaired) electrons. The van der Waals surface area contributed by atoms with E-state index in [1.165, 1.54) is 0 Å². The summed E-state index contributed by atoms with van der Waals surface area (Å²) in [6.45, 7) is 5.73. The summed E-state index contributed by atoms with van der Waals surface area (Å²) in [6.07, 6.45) is 9.72. The van der Waals surface area contributed by atoms with Gasteiger partial charge < -0.3 is 14.2 Å². The Hall–Kier alpha value is -1.62. The fourth-order valence-electron chi connectivity index (χ4n) is 3.19. The van der Waals surface area contributed by atoms with Gasteiger partial charge in [0, 0.05) is 37.7 Å². The van der Waals surface area contributed by atoms with Crippen LogP contribution < -0.4 is 0 Å². The zero-order valence-electron chi connectivity index (χ0n) is 12.6. The van der Waals surface area contributed by atoms with E-state index >= 15 is 0 Å². The van der Waals surface area contributed by atoms with E-state index in [0.29, 0.717) is 25.7 Å². The normalized spacial score (nSPS) is 22.3. The van der Waals surface area contributed by atoms with Crippen LogP contribution in [0.25, 0.3) is 0 Å². The number of ether oxygens (including phenoxy) is 1. The van der Waals surface area contributed by atoms with Crippen molar-refractivity contribution >= 4 is 5.91 Å². The minimum Gasteiger partial charge on any atom is -0.381 e. The summed E-state index contributed by atoms with van der Waals surface area (Å²) < 4.78 is 7.75. The topological polar surface area (TPSA) is 47.4 Å². The van der Waals surface area contributed by atoms with Gasteiger partial charge in [-0.25, -0.2) is 4.98 Å². The van der Waals surface area contributed by atoms with Crippen LogP contribution in [0, 0.1) is 11.8 Å². The smallest absolute Gasteiger partial charge is 0.226 e. The lowest BCUT2D eigenvalue weighted by atomic mass is 10.0. The first-order chi connectivity index (χ1) is 10.3. The molecule has 5 nitrogen and oxygen atoms in total. The maximum Gasteiger partial charge on any atom is 0.226 e. The predicted octanol–water partition coefficient (Wildman–Crippen LogP) is 1.84. The Morgan fingerprint density at radius 3 is 2.95 bits per heavy atom. The van der Waals surface area contributed by atoms with Crippen LogP contribution in [0.3, 0.4) is 0 Å². The summed E-state index contributed by atoms with van der Waals surface area (Å²) >= 11 is 0. The van der Waals surface area contributed by atoms with Crippen LogP contribution in [0.15, 0.2) is 24.7 Å². The molecule has 3 rings (SSSR count). The molecule has 21 heavy (non-hydrogen) atoms. The fourth-order valence-corrected chi connectivity index (χ4v) is 3.19. The van der Waals surface area contributed by atoms with Gasteiger partial charge >= 0.3 is 0 Å². The maximum absolute atomic E-state index is 12.7. The molecule has 0 fully saturated rings. The highest BCUT2D eigenvalue weighted by Crippen LogP contribution is 2.24. The molecule has 0 N–H and O–H groups in total. The second-order valence-electron chi connectivity index (χ2n) is 5.92. The summed E-state index contributed by atoms with van der Waals surface area (Å²) in [7, 11) is 0. The van der Waals surface area contributed by atoms with Gasteiger partial charge in [0.2, 0.25) is 5.91 Å². The largest absolute Gasteiger partial charge is 0.381 e. The van der Waals surface area contributed by atoms with Crippen molar-refractivity contribution in [1.29, 1.82) is 0 Å². The average Bonchev–Trinajstić information content (AvgIpc) is 3.13. The van der Waals surface area contributed by atoms with Crippen LogP contribution in [-0.4, -0.2) is 40.1 Å². The Balaban J connectivity index is 1.74. The quantitative estimate of drug-likeness (QED) is 0.795. The van der Waals surface area contributed by atoms with Crippen LogP contribution in [0.4, 0.5) is 0 Å². The monoisotopic (exact) mass is 289 g/mol. The first-order valence-electron chi connectivity index (χ1n) is 7.78. The maximum atomic E-state index is 12.7. The molecule has 114 valence electrons. The molecule has 1 aliphatic heterocycles. The number of allylic oxidation sites excluding steroid dienone is 2. The molecular weight excluding hydrogens is 266 g/mol. The lowest BCUT2D eigenvalue weighted by molar-refractivity contribution is -0.136. The zero-order chi connectivity index (χ0) is 14.7. The third-order valence-corrected chi connectivity index (χ3v) is 4.31. The SMILES string of the molecule is CCOCC1CN(C(=O)C2CC=CC2)Cc2cncn2C1. The second kappa shape index (κ2) is 6.43. The number of hydrogen-bond acceptors (Lipinski definition) is 3. The molecule has 1 aromatic heterocycles. The fraction of sp³-hybridized carbons (Fsp3) is 0.625. The average molecular weight is 289 g/mol. The predicted molar refractivity (Wildman–Crippen MR) is 79.5 cm³/mol. The Kier molecular flexibility index (Phi) is 4.39. The zero-order valence-corrected chi connectivity index (χ0v) is 12.6. The molecule has 0 bridgehead atoms. The van der Waals surface area contributed by atoms with E-state index in [1.807, 2.05) is 24.3 Å². The molecule has 0 spiro atoms. The number of imidazole rings is 1. The summed E-state index contributed by atoms with van der Waals surface area (Å²) in [5, 5.41) is 0. The van der Waals surface area contributed by atoms with Crippen LogP contribution >= 0.6 is 0 Å². The highest BCUT2D eigenvalue weighted by Gasteiger charge is 2.30. The molecule has 1 unspecified atom stereocenters. The number of amides is 1. The van der Waals surface area contributed by atoms with E-state index in [-0.39, 0.29) is 11.8 Å². The van der Waals surface area contributed by atoms with Gasteiger partial charge in [0.05, 0.1) is 25.2 Å². The van der Waals surface area contributed by atoms with Gasteiger partial charge in [-0.2, -0.15) is 0 Å². The summed E-state index contributed by atoms with van der Waals surface area (Å²) in [6, 6.07) is 0. The minimum atomic E-state index is 0.132. The van der Waals surface area contributed by atoms with E-state index < -0.39 is 0 Å². The van der Waals surface area contributed by atoms with Crippen LogP contribution in [0.5, 0.6) is 0 Å². The molecule has 0 saturated heterocycles. The molecule has 5 heteroatoms. The van der Waals surface area contributed by atoms with Gasteiger partial charge in [0.1, 0.15) is 0 Å². The number of hydrogen-bond donors (Lipinski definition) is 0. The molecule has 1 aliphatic carbocycles. The Bertz CT molecular complexity index is 515. The van der Waals surface area contributed by atoms with E-state index in [9.17, 15) is 4.79 Å². The van der Waals surface area contributed by atoms with Crippen molar-refractivity contribution in [2.75, 3.05) is 19.8 Å². The molecule has 2 heterocycles. The van der Waals surface area contributed by atoms with Crippen LogP contribution in [-0.2, 0) is 22.6 Å². The Morgan fingerprint density at radius 2 is 2.19 bits per heavy atom. The van der Waals surface area contributed by atoms with Gasteiger partial charge in [0.25, 0.3) is 0 Å². The first-order valence-corrected chi connectivity index (χ1v) is 7.78. The van der Waals surface area contributed by atoms with Crippen LogP contribution in [0.2, 0.25) is 0 Å². The van der Waals surface area contributed by atoms with Crippen molar-refractivity contribution in [3.8, 4) is 0 Å². The number of nitrogens with zero attached hydrogens (tertiary/aromatic N) is 3. The molecule has 1 amide bonds. The highest BCUT2D eigenvalue weighted by molar-refractivity contribution is 5.79. The Morgan fingerprint density at radius 1 is 1.38 bits per heavy atom. The molecule has 1 aromatic rings.